The maximum Gasteiger partial charge on any atom is 0.335 e. The lowest BCUT2D eigenvalue weighted by molar-refractivity contribution is -0.156. The van der Waals surface area contributed by atoms with Crippen LogP contribution in [0.1, 0.15) is 0 Å². The Bertz CT molecular complexity index is 171. The van der Waals surface area contributed by atoms with E-state index >= 15 is 0 Å². The van der Waals surface area contributed by atoms with Gasteiger partial charge in [0.1, 0.15) is 0 Å². The Labute approximate surface area is 61.9 Å². The quantitative estimate of drug-likeness (QED) is 0.502. The van der Waals surface area contributed by atoms with E-state index in [0.29, 0.717) is 0 Å². The first kappa shape index (κ1) is 7.96. The summed E-state index contributed by atoms with van der Waals surface area (Å²) in [5.74, 6) is -1.97. The molecule has 2 unspecified atom stereocenters. The van der Waals surface area contributed by atoms with E-state index in [4.69, 9.17) is 10.8 Å². The van der Waals surface area contributed by atoms with Crippen molar-refractivity contribution in [2.75, 3.05) is 6.61 Å². The molecule has 0 spiro atoms. The Morgan fingerprint density at radius 3 is 2.45 bits per heavy atom. The van der Waals surface area contributed by atoms with Gasteiger partial charge in [0, 0.05) is 0 Å². The molecule has 6 heteroatoms. The molecule has 6 nitrogen and oxygen atoms in total. The van der Waals surface area contributed by atoms with Crippen molar-refractivity contribution in [1.29, 1.82) is 0 Å². The third-order valence-corrected chi connectivity index (χ3v) is 1.19. The fourth-order valence-corrected chi connectivity index (χ4v) is 0.681. The average Bonchev–Trinajstić information content (AvgIpc) is 2.33. The number of carbonyl (C=O) groups excluding carboxylic acids is 1. The Hall–Kier alpha value is -1.14. The summed E-state index contributed by atoms with van der Waals surface area (Å²) in [4.78, 5) is 20.6. The molecule has 1 aliphatic rings. The average molecular weight is 161 g/mol. The number of nitrogens with two attached hydrogens (primary N) is 1. The van der Waals surface area contributed by atoms with E-state index in [-0.39, 0.29) is 6.61 Å². The summed E-state index contributed by atoms with van der Waals surface area (Å²) in [6, 6.07) is 0. The van der Waals surface area contributed by atoms with Crippen LogP contribution in [0.15, 0.2) is 0 Å². The van der Waals surface area contributed by atoms with Gasteiger partial charge in [-0.1, -0.05) is 0 Å². The number of amides is 1. The molecule has 0 saturated carbocycles. The van der Waals surface area contributed by atoms with Crippen molar-refractivity contribution in [2.24, 2.45) is 5.73 Å². The third-order valence-electron chi connectivity index (χ3n) is 1.19. The molecule has 11 heavy (non-hydrogen) atoms. The highest BCUT2D eigenvalue weighted by Gasteiger charge is 2.34. The first-order valence-electron chi connectivity index (χ1n) is 2.90. The van der Waals surface area contributed by atoms with E-state index in [9.17, 15) is 9.59 Å². The van der Waals surface area contributed by atoms with Crippen LogP contribution in [0, 0.1) is 0 Å². The number of carbonyl (C=O) groups is 2. The topological polar surface area (TPSA) is 98.9 Å². The molecule has 0 bridgehead atoms. The van der Waals surface area contributed by atoms with Crippen molar-refractivity contribution in [3.63, 3.8) is 0 Å². The number of rotatable bonds is 2. The molecule has 1 heterocycles. The largest absolute Gasteiger partial charge is 0.479 e. The van der Waals surface area contributed by atoms with E-state index in [1.165, 1.54) is 0 Å². The van der Waals surface area contributed by atoms with Crippen LogP contribution in [0.5, 0.6) is 0 Å². The molecular formula is C5H7NO5. The van der Waals surface area contributed by atoms with Crippen molar-refractivity contribution in [1.82, 2.24) is 0 Å². The van der Waals surface area contributed by atoms with Gasteiger partial charge in [0.05, 0.1) is 6.61 Å². The molecule has 1 aliphatic heterocycles. The number of carboxylic acid groups (broad SMARTS) is 1. The summed E-state index contributed by atoms with van der Waals surface area (Å²) in [6.45, 7) is -0.136. The summed E-state index contributed by atoms with van der Waals surface area (Å²) in [5, 5.41) is 8.36. The lowest BCUT2D eigenvalue weighted by Gasteiger charge is -2.03. The molecule has 3 N–H and O–H groups in total. The SMILES string of the molecule is NC(=O)C1OCC(C(=O)O)O1. The van der Waals surface area contributed by atoms with Gasteiger partial charge in [-0.2, -0.15) is 0 Å². The van der Waals surface area contributed by atoms with Crippen molar-refractivity contribution in [2.45, 2.75) is 12.4 Å². The highest BCUT2D eigenvalue weighted by Crippen LogP contribution is 2.10. The van der Waals surface area contributed by atoms with E-state index in [1.807, 2.05) is 0 Å². The zero-order chi connectivity index (χ0) is 8.43. The normalized spacial score (nSPS) is 30.2. The van der Waals surface area contributed by atoms with Crippen molar-refractivity contribution in [3.05, 3.63) is 0 Å². The first-order chi connectivity index (χ1) is 5.11. The minimum atomic E-state index is -1.21. The molecule has 1 saturated heterocycles. The predicted molar refractivity (Wildman–Crippen MR) is 31.4 cm³/mol. The van der Waals surface area contributed by atoms with Crippen molar-refractivity contribution < 1.29 is 24.2 Å². The predicted octanol–water partition coefficient (Wildman–Crippen LogP) is -1.70. The number of primary amides is 1. The second kappa shape index (κ2) is 2.85. The van der Waals surface area contributed by atoms with E-state index in [1.54, 1.807) is 0 Å². The Morgan fingerprint density at radius 2 is 2.18 bits per heavy atom. The number of hydrogen-bond donors (Lipinski definition) is 2. The van der Waals surface area contributed by atoms with E-state index < -0.39 is 24.3 Å². The Kier molecular flexibility index (Phi) is 2.06. The first-order valence-corrected chi connectivity index (χ1v) is 2.90. The molecule has 0 aromatic rings. The van der Waals surface area contributed by atoms with E-state index in [2.05, 4.69) is 9.47 Å². The molecule has 0 aromatic heterocycles. The summed E-state index contributed by atoms with van der Waals surface area (Å²) in [7, 11) is 0. The maximum absolute atomic E-state index is 10.3. The fraction of sp³-hybridized carbons (Fsp3) is 0.600. The van der Waals surface area contributed by atoms with Crippen LogP contribution in [0.4, 0.5) is 0 Å². The minimum absolute atomic E-state index is 0.136. The van der Waals surface area contributed by atoms with E-state index in [0.717, 1.165) is 0 Å². The van der Waals surface area contributed by atoms with Gasteiger partial charge in [0.2, 0.25) is 6.29 Å². The summed E-state index contributed by atoms with van der Waals surface area (Å²) in [6.07, 6.45) is -2.29. The number of aliphatic carboxylic acids is 1. The number of hydrogen-bond acceptors (Lipinski definition) is 4. The van der Waals surface area contributed by atoms with Gasteiger partial charge in [-0.05, 0) is 0 Å². The molecule has 2 atom stereocenters. The highest BCUT2D eigenvalue weighted by molar-refractivity contribution is 5.79. The van der Waals surface area contributed by atoms with Crippen LogP contribution >= 0.6 is 0 Å². The second-order valence-electron chi connectivity index (χ2n) is 2.03. The molecule has 1 amide bonds. The molecule has 1 fully saturated rings. The minimum Gasteiger partial charge on any atom is -0.479 e. The molecular weight excluding hydrogens is 154 g/mol. The summed E-state index contributed by atoms with van der Waals surface area (Å²) >= 11 is 0. The Balaban J connectivity index is 2.47. The van der Waals surface area contributed by atoms with Crippen LogP contribution in [0.3, 0.4) is 0 Å². The second-order valence-corrected chi connectivity index (χ2v) is 2.03. The van der Waals surface area contributed by atoms with Crippen LogP contribution in [0.25, 0.3) is 0 Å². The zero-order valence-electron chi connectivity index (χ0n) is 5.52. The highest BCUT2D eigenvalue weighted by atomic mass is 16.7. The fourth-order valence-electron chi connectivity index (χ4n) is 0.681. The summed E-state index contributed by atoms with van der Waals surface area (Å²) < 4.78 is 9.20. The van der Waals surface area contributed by atoms with Gasteiger partial charge in [-0.15, -0.1) is 0 Å². The lowest BCUT2D eigenvalue weighted by Crippen LogP contribution is -2.31. The Morgan fingerprint density at radius 1 is 1.55 bits per heavy atom. The van der Waals surface area contributed by atoms with Crippen LogP contribution in [0.2, 0.25) is 0 Å². The van der Waals surface area contributed by atoms with Crippen LogP contribution in [-0.2, 0) is 19.1 Å². The van der Waals surface area contributed by atoms with Crippen molar-refractivity contribution >= 4 is 11.9 Å². The zero-order valence-corrected chi connectivity index (χ0v) is 5.52. The number of carboxylic acids is 1. The molecule has 1 rings (SSSR count). The molecule has 62 valence electrons. The lowest BCUT2D eigenvalue weighted by atomic mass is 10.4. The monoisotopic (exact) mass is 161 g/mol. The smallest absolute Gasteiger partial charge is 0.335 e. The van der Waals surface area contributed by atoms with Crippen LogP contribution < -0.4 is 5.73 Å². The molecule has 0 radical (unpaired) electrons. The van der Waals surface area contributed by atoms with Gasteiger partial charge < -0.3 is 20.3 Å². The van der Waals surface area contributed by atoms with Crippen LogP contribution in [-0.4, -0.2) is 36.0 Å². The molecule has 0 aliphatic carbocycles. The third kappa shape index (κ3) is 1.66. The maximum atomic E-state index is 10.3. The summed E-state index contributed by atoms with van der Waals surface area (Å²) in [5.41, 5.74) is 4.78. The van der Waals surface area contributed by atoms with Gasteiger partial charge >= 0.3 is 5.97 Å². The van der Waals surface area contributed by atoms with Gasteiger partial charge in [0.15, 0.2) is 6.10 Å². The molecule has 0 aromatic carbocycles. The van der Waals surface area contributed by atoms with Gasteiger partial charge in [0.25, 0.3) is 5.91 Å². The standard InChI is InChI=1S/C5H7NO5/c6-3(7)5-10-1-2(11-5)4(8)9/h2,5H,1H2,(H2,6,7)(H,8,9). The van der Waals surface area contributed by atoms with Crippen molar-refractivity contribution in [3.8, 4) is 0 Å². The number of ether oxygens (including phenoxy) is 2. The van der Waals surface area contributed by atoms with Gasteiger partial charge in [-0.25, -0.2) is 4.79 Å². The van der Waals surface area contributed by atoms with Gasteiger partial charge in [-0.3, -0.25) is 4.79 Å².